The fraction of sp³-hybridized carbons (Fsp3) is 0.235. The molecule has 0 unspecified atom stereocenters. The lowest BCUT2D eigenvalue weighted by Crippen LogP contribution is -2.53. The number of carbonyl (C=O) groups is 3. The molecule has 0 saturated carbocycles. The standard InChI is InChI=1S/C17H17N3O4/c1-10-13(11-8-6-5-7-9-11)20(4)24-14(10)12-15(21)18(2)17(23)19(3)16(12)22/h5-9H,1-4H3. The summed E-state index contributed by atoms with van der Waals surface area (Å²) in [5, 5.41) is 1.52. The number of urea groups is 1. The number of hydrogen-bond acceptors (Lipinski definition) is 5. The van der Waals surface area contributed by atoms with E-state index in [1.807, 2.05) is 30.3 Å². The first-order valence-corrected chi connectivity index (χ1v) is 7.37. The lowest BCUT2D eigenvalue weighted by Gasteiger charge is -2.29. The SMILES string of the molecule is CC1=C(c2ccccc2)N(C)OC1=C1C(=O)N(C)C(=O)N(C)C1=O. The van der Waals surface area contributed by atoms with Crippen LogP contribution in [0.5, 0.6) is 0 Å². The van der Waals surface area contributed by atoms with Gasteiger partial charge in [0, 0.05) is 32.3 Å². The molecule has 1 aromatic rings. The zero-order chi connectivity index (χ0) is 17.6. The molecule has 0 bridgehead atoms. The fourth-order valence-corrected chi connectivity index (χ4v) is 2.84. The monoisotopic (exact) mass is 327 g/mol. The molecule has 0 N–H and O–H groups in total. The average molecular weight is 327 g/mol. The number of imide groups is 2. The third-order valence-corrected chi connectivity index (χ3v) is 4.12. The van der Waals surface area contributed by atoms with Gasteiger partial charge in [-0.1, -0.05) is 30.3 Å². The van der Waals surface area contributed by atoms with E-state index in [1.54, 1.807) is 14.0 Å². The molecular weight excluding hydrogens is 310 g/mol. The molecule has 1 aromatic carbocycles. The second-order valence-electron chi connectivity index (χ2n) is 5.64. The number of amides is 4. The summed E-state index contributed by atoms with van der Waals surface area (Å²) in [7, 11) is 4.38. The lowest BCUT2D eigenvalue weighted by atomic mass is 10.0. The second-order valence-corrected chi connectivity index (χ2v) is 5.64. The van der Waals surface area contributed by atoms with Gasteiger partial charge in [0.15, 0.2) is 11.3 Å². The number of nitrogens with zero attached hydrogens (tertiary/aromatic N) is 3. The highest BCUT2D eigenvalue weighted by atomic mass is 16.7. The molecule has 0 spiro atoms. The molecular formula is C17H17N3O4. The van der Waals surface area contributed by atoms with Crippen molar-refractivity contribution in [1.82, 2.24) is 14.9 Å². The number of likely N-dealkylation sites (N-methyl/N-ethyl adjacent to an activating group) is 2. The molecule has 2 heterocycles. The van der Waals surface area contributed by atoms with Gasteiger partial charge in [0.05, 0.1) is 5.70 Å². The van der Waals surface area contributed by atoms with Crippen LogP contribution in [0.4, 0.5) is 4.79 Å². The third-order valence-electron chi connectivity index (χ3n) is 4.12. The first-order valence-electron chi connectivity index (χ1n) is 7.37. The zero-order valence-electron chi connectivity index (χ0n) is 13.9. The second kappa shape index (κ2) is 5.52. The smallest absolute Gasteiger partial charge is 0.333 e. The van der Waals surface area contributed by atoms with Gasteiger partial charge >= 0.3 is 6.03 Å². The van der Waals surface area contributed by atoms with Crippen LogP contribution in [-0.2, 0) is 14.4 Å². The number of hydrogen-bond donors (Lipinski definition) is 0. The molecule has 124 valence electrons. The number of rotatable bonds is 1. The summed E-state index contributed by atoms with van der Waals surface area (Å²) < 4.78 is 0. The van der Waals surface area contributed by atoms with Crippen molar-refractivity contribution in [3.63, 3.8) is 0 Å². The van der Waals surface area contributed by atoms with Crippen LogP contribution in [0.3, 0.4) is 0 Å². The highest BCUT2D eigenvalue weighted by Crippen LogP contribution is 2.37. The Labute approximate surface area is 139 Å². The molecule has 1 fully saturated rings. The van der Waals surface area contributed by atoms with Crippen molar-refractivity contribution in [2.24, 2.45) is 0 Å². The zero-order valence-corrected chi connectivity index (χ0v) is 13.9. The summed E-state index contributed by atoms with van der Waals surface area (Å²) in [4.78, 5) is 44.3. The number of carbonyl (C=O) groups excluding carboxylic acids is 3. The van der Waals surface area contributed by atoms with Crippen molar-refractivity contribution in [3.05, 3.63) is 52.8 Å². The Bertz CT molecular complexity index is 784. The van der Waals surface area contributed by atoms with Crippen LogP contribution in [-0.4, -0.2) is 53.9 Å². The molecule has 3 rings (SSSR count). The summed E-state index contributed by atoms with van der Waals surface area (Å²) in [5.41, 5.74) is 2.19. The summed E-state index contributed by atoms with van der Waals surface area (Å²) in [6.45, 7) is 1.78. The normalized spacial score (nSPS) is 18.8. The van der Waals surface area contributed by atoms with Crippen LogP contribution in [0, 0.1) is 0 Å². The maximum atomic E-state index is 12.5. The Hall–Kier alpha value is -3.09. The van der Waals surface area contributed by atoms with E-state index in [0.29, 0.717) is 5.57 Å². The van der Waals surface area contributed by atoms with Crippen LogP contribution in [0.25, 0.3) is 5.70 Å². The molecule has 0 aliphatic carbocycles. The van der Waals surface area contributed by atoms with Crippen LogP contribution in [0.15, 0.2) is 47.2 Å². The summed E-state index contributed by atoms with van der Waals surface area (Å²) in [6.07, 6.45) is 0. The van der Waals surface area contributed by atoms with Crippen molar-refractivity contribution in [2.75, 3.05) is 21.1 Å². The molecule has 0 radical (unpaired) electrons. The molecule has 7 nitrogen and oxygen atoms in total. The van der Waals surface area contributed by atoms with Crippen molar-refractivity contribution in [2.45, 2.75) is 6.92 Å². The molecule has 0 aromatic heterocycles. The maximum Gasteiger partial charge on any atom is 0.333 e. The Morgan fingerprint density at radius 3 is 1.96 bits per heavy atom. The van der Waals surface area contributed by atoms with E-state index in [4.69, 9.17) is 4.84 Å². The van der Waals surface area contributed by atoms with E-state index < -0.39 is 17.8 Å². The summed E-state index contributed by atoms with van der Waals surface area (Å²) >= 11 is 0. The first-order chi connectivity index (χ1) is 11.3. The number of allylic oxidation sites excluding steroid dienone is 1. The Balaban J connectivity index is 2.17. The minimum atomic E-state index is -0.667. The maximum absolute atomic E-state index is 12.5. The van der Waals surface area contributed by atoms with Crippen molar-refractivity contribution >= 4 is 23.5 Å². The van der Waals surface area contributed by atoms with E-state index in [0.717, 1.165) is 21.1 Å². The van der Waals surface area contributed by atoms with Gasteiger partial charge in [0.1, 0.15) is 0 Å². The van der Waals surface area contributed by atoms with Crippen LogP contribution >= 0.6 is 0 Å². The predicted octanol–water partition coefficient (Wildman–Crippen LogP) is 1.60. The molecule has 0 atom stereocenters. The van der Waals surface area contributed by atoms with Gasteiger partial charge in [0.25, 0.3) is 11.8 Å². The Kier molecular flexibility index (Phi) is 3.63. The first kappa shape index (κ1) is 15.8. The van der Waals surface area contributed by atoms with Crippen LogP contribution in [0.2, 0.25) is 0 Å². The number of hydroxylamine groups is 2. The van der Waals surface area contributed by atoms with Gasteiger partial charge in [-0.2, -0.15) is 0 Å². The Morgan fingerprint density at radius 1 is 0.875 bits per heavy atom. The molecule has 4 amide bonds. The molecule has 7 heteroatoms. The van der Waals surface area contributed by atoms with Gasteiger partial charge in [0.2, 0.25) is 0 Å². The molecule has 1 saturated heterocycles. The molecule has 24 heavy (non-hydrogen) atoms. The minimum absolute atomic E-state index is 0.144. The highest BCUT2D eigenvalue weighted by molar-refractivity contribution is 6.29. The van der Waals surface area contributed by atoms with Crippen molar-refractivity contribution in [3.8, 4) is 0 Å². The van der Waals surface area contributed by atoms with E-state index in [-0.39, 0.29) is 11.3 Å². The number of barbiturate groups is 1. The summed E-state index contributed by atoms with van der Waals surface area (Å²) in [6, 6.07) is 8.86. The van der Waals surface area contributed by atoms with Gasteiger partial charge < -0.3 is 4.84 Å². The highest BCUT2D eigenvalue weighted by Gasteiger charge is 2.43. The van der Waals surface area contributed by atoms with Gasteiger partial charge in [-0.25, -0.2) is 9.86 Å². The van der Waals surface area contributed by atoms with Crippen LogP contribution in [0.1, 0.15) is 12.5 Å². The van der Waals surface area contributed by atoms with E-state index in [9.17, 15) is 14.4 Å². The van der Waals surface area contributed by atoms with Crippen molar-refractivity contribution in [1.29, 1.82) is 0 Å². The lowest BCUT2D eigenvalue weighted by molar-refractivity contribution is -0.135. The van der Waals surface area contributed by atoms with E-state index in [2.05, 4.69) is 0 Å². The number of benzene rings is 1. The van der Waals surface area contributed by atoms with E-state index >= 15 is 0 Å². The largest absolute Gasteiger partial charge is 0.378 e. The Morgan fingerprint density at radius 2 is 1.42 bits per heavy atom. The summed E-state index contributed by atoms with van der Waals surface area (Å²) in [5.74, 6) is -1.15. The van der Waals surface area contributed by atoms with Crippen LogP contribution < -0.4 is 0 Å². The molecule has 2 aliphatic rings. The molecule has 2 aliphatic heterocycles. The predicted molar refractivity (Wildman–Crippen MR) is 85.8 cm³/mol. The minimum Gasteiger partial charge on any atom is -0.378 e. The van der Waals surface area contributed by atoms with Gasteiger partial charge in [-0.15, -0.1) is 0 Å². The average Bonchev–Trinajstić information content (AvgIpc) is 2.86. The van der Waals surface area contributed by atoms with Crippen molar-refractivity contribution < 1.29 is 19.2 Å². The van der Waals surface area contributed by atoms with Gasteiger partial charge in [-0.05, 0) is 6.92 Å². The fourth-order valence-electron chi connectivity index (χ4n) is 2.84. The third kappa shape index (κ3) is 2.17. The van der Waals surface area contributed by atoms with Gasteiger partial charge in [-0.3, -0.25) is 19.4 Å². The topological polar surface area (TPSA) is 70.2 Å². The quantitative estimate of drug-likeness (QED) is 0.579. The van der Waals surface area contributed by atoms with E-state index in [1.165, 1.54) is 19.2 Å².